The van der Waals surface area contributed by atoms with Gasteiger partial charge in [0.15, 0.2) is 0 Å². The van der Waals surface area contributed by atoms with E-state index in [9.17, 15) is 0 Å². The molecule has 0 bridgehead atoms. The van der Waals surface area contributed by atoms with Gasteiger partial charge in [-0.25, -0.2) is 4.98 Å². The number of nitrogens with one attached hydrogen (secondary N) is 1. The molecule has 1 aliphatic rings. The number of hydrogen-bond acceptors (Lipinski definition) is 6. The number of benzene rings is 1. The number of nitrogens with zero attached hydrogens (tertiary/aromatic N) is 3. The molecular formula is C16H21N5O. The van der Waals surface area contributed by atoms with Gasteiger partial charge in [-0.3, -0.25) is 0 Å². The Kier molecular flexibility index (Phi) is 4.39. The van der Waals surface area contributed by atoms with Crippen molar-refractivity contribution in [2.24, 2.45) is 5.73 Å². The molecule has 0 radical (unpaired) electrons. The molecule has 0 saturated carbocycles. The van der Waals surface area contributed by atoms with Crippen LogP contribution in [0.5, 0.6) is 5.75 Å². The fourth-order valence-electron chi connectivity index (χ4n) is 2.52. The van der Waals surface area contributed by atoms with E-state index >= 15 is 0 Å². The van der Waals surface area contributed by atoms with Crippen molar-refractivity contribution in [3.63, 3.8) is 0 Å². The summed E-state index contributed by atoms with van der Waals surface area (Å²) < 4.78 is 5.15. The standard InChI is InChI=1S/C16H21N5O/c1-22-14-4-2-13(3-5-14)19-16-18-9-6-15(20-16)21-10-7-12(17)8-11-21/h2-6,9,12H,7-8,10-11,17H2,1H3,(H,18,19,20). The minimum atomic E-state index is 0.315. The second-order valence-corrected chi connectivity index (χ2v) is 5.42. The summed E-state index contributed by atoms with van der Waals surface area (Å²) in [5.74, 6) is 2.36. The quantitative estimate of drug-likeness (QED) is 0.901. The van der Waals surface area contributed by atoms with Gasteiger partial charge in [0, 0.05) is 31.0 Å². The fraction of sp³-hybridized carbons (Fsp3) is 0.375. The summed E-state index contributed by atoms with van der Waals surface area (Å²) in [5, 5.41) is 3.21. The largest absolute Gasteiger partial charge is 0.497 e. The Labute approximate surface area is 130 Å². The molecule has 3 N–H and O–H groups in total. The first-order chi connectivity index (χ1) is 10.7. The van der Waals surface area contributed by atoms with Crippen molar-refractivity contribution in [1.29, 1.82) is 0 Å². The van der Waals surface area contributed by atoms with Crippen molar-refractivity contribution in [2.45, 2.75) is 18.9 Å². The molecule has 1 aliphatic heterocycles. The van der Waals surface area contributed by atoms with E-state index in [1.165, 1.54) is 0 Å². The average molecular weight is 299 g/mol. The third-order valence-corrected chi connectivity index (χ3v) is 3.85. The van der Waals surface area contributed by atoms with Crippen LogP contribution in [0.3, 0.4) is 0 Å². The second kappa shape index (κ2) is 6.62. The number of aromatic nitrogens is 2. The molecule has 1 fully saturated rings. The number of methoxy groups -OCH3 is 1. The first-order valence-corrected chi connectivity index (χ1v) is 7.49. The first-order valence-electron chi connectivity index (χ1n) is 7.49. The molecule has 6 nitrogen and oxygen atoms in total. The zero-order valence-corrected chi connectivity index (χ0v) is 12.7. The molecule has 0 aliphatic carbocycles. The summed E-state index contributed by atoms with van der Waals surface area (Å²) in [4.78, 5) is 11.1. The molecule has 0 amide bonds. The van der Waals surface area contributed by atoms with Crippen LogP contribution in [-0.2, 0) is 0 Å². The number of piperidine rings is 1. The third kappa shape index (κ3) is 3.46. The molecule has 0 atom stereocenters. The summed E-state index contributed by atoms with van der Waals surface area (Å²) >= 11 is 0. The van der Waals surface area contributed by atoms with Gasteiger partial charge in [-0.2, -0.15) is 4.98 Å². The van der Waals surface area contributed by atoms with E-state index in [0.29, 0.717) is 12.0 Å². The maximum absolute atomic E-state index is 5.95. The van der Waals surface area contributed by atoms with Crippen molar-refractivity contribution < 1.29 is 4.74 Å². The van der Waals surface area contributed by atoms with Crippen LogP contribution in [0.25, 0.3) is 0 Å². The van der Waals surface area contributed by atoms with Crippen LogP contribution in [0, 0.1) is 0 Å². The van der Waals surface area contributed by atoms with Crippen LogP contribution in [0.15, 0.2) is 36.5 Å². The number of rotatable bonds is 4. The molecule has 1 saturated heterocycles. The van der Waals surface area contributed by atoms with Crippen LogP contribution in [0.1, 0.15) is 12.8 Å². The van der Waals surface area contributed by atoms with Gasteiger partial charge in [-0.1, -0.05) is 0 Å². The van der Waals surface area contributed by atoms with E-state index in [0.717, 1.165) is 43.2 Å². The lowest BCUT2D eigenvalue weighted by Crippen LogP contribution is -2.40. The summed E-state index contributed by atoms with van der Waals surface area (Å²) in [7, 11) is 1.65. The van der Waals surface area contributed by atoms with E-state index in [4.69, 9.17) is 10.5 Å². The molecule has 116 valence electrons. The number of anilines is 3. The maximum Gasteiger partial charge on any atom is 0.229 e. The van der Waals surface area contributed by atoms with Gasteiger partial charge in [0.1, 0.15) is 11.6 Å². The first kappa shape index (κ1) is 14.6. The molecule has 0 spiro atoms. The minimum absolute atomic E-state index is 0.315. The molecule has 2 aromatic rings. The van der Waals surface area contributed by atoms with E-state index in [1.54, 1.807) is 13.3 Å². The fourth-order valence-corrected chi connectivity index (χ4v) is 2.52. The van der Waals surface area contributed by atoms with Gasteiger partial charge >= 0.3 is 0 Å². The lowest BCUT2D eigenvalue weighted by Gasteiger charge is -2.31. The zero-order valence-electron chi connectivity index (χ0n) is 12.7. The van der Waals surface area contributed by atoms with Crippen LogP contribution in [0.2, 0.25) is 0 Å². The highest BCUT2D eigenvalue weighted by Crippen LogP contribution is 2.21. The molecule has 3 rings (SSSR count). The minimum Gasteiger partial charge on any atom is -0.497 e. The SMILES string of the molecule is COc1ccc(Nc2nccc(N3CCC(N)CC3)n2)cc1. The van der Waals surface area contributed by atoms with Crippen LogP contribution in [-0.4, -0.2) is 36.2 Å². The average Bonchev–Trinajstić information content (AvgIpc) is 2.56. The van der Waals surface area contributed by atoms with Crippen LogP contribution >= 0.6 is 0 Å². The smallest absolute Gasteiger partial charge is 0.229 e. The number of nitrogens with two attached hydrogens (primary N) is 1. The normalized spacial score (nSPS) is 15.6. The van der Waals surface area contributed by atoms with Crippen molar-refractivity contribution in [2.75, 3.05) is 30.4 Å². The summed E-state index contributed by atoms with van der Waals surface area (Å²) in [6.45, 7) is 1.89. The molecule has 1 aromatic carbocycles. The van der Waals surface area contributed by atoms with E-state index in [2.05, 4.69) is 20.2 Å². The molecule has 2 heterocycles. The van der Waals surface area contributed by atoms with Gasteiger partial charge in [-0.05, 0) is 43.2 Å². The van der Waals surface area contributed by atoms with Gasteiger partial charge in [0.05, 0.1) is 7.11 Å². The van der Waals surface area contributed by atoms with Crippen molar-refractivity contribution in [1.82, 2.24) is 9.97 Å². The zero-order chi connectivity index (χ0) is 15.4. The molecule has 0 unspecified atom stereocenters. The van der Waals surface area contributed by atoms with Crippen LogP contribution in [0.4, 0.5) is 17.5 Å². The molecule has 6 heteroatoms. The van der Waals surface area contributed by atoms with E-state index in [-0.39, 0.29) is 0 Å². The van der Waals surface area contributed by atoms with Gasteiger partial charge in [0.25, 0.3) is 0 Å². The predicted molar refractivity (Wildman–Crippen MR) is 87.7 cm³/mol. The number of hydrogen-bond donors (Lipinski definition) is 2. The van der Waals surface area contributed by atoms with E-state index < -0.39 is 0 Å². The predicted octanol–water partition coefficient (Wildman–Crippen LogP) is 2.16. The highest BCUT2D eigenvalue weighted by molar-refractivity contribution is 5.56. The topological polar surface area (TPSA) is 76.3 Å². The highest BCUT2D eigenvalue weighted by Gasteiger charge is 2.17. The Morgan fingerprint density at radius 1 is 1.18 bits per heavy atom. The second-order valence-electron chi connectivity index (χ2n) is 5.42. The maximum atomic E-state index is 5.95. The molecule has 22 heavy (non-hydrogen) atoms. The Morgan fingerprint density at radius 3 is 2.59 bits per heavy atom. The van der Waals surface area contributed by atoms with Gasteiger partial charge < -0.3 is 20.7 Å². The summed E-state index contributed by atoms with van der Waals surface area (Å²) in [5.41, 5.74) is 6.88. The van der Waals surface area contributed by atoms with Gasteiger partial charge in [-0.15, -0.1) is 0 Å². The van der Waals surface area contributed by atoms with Gasteiger partial charge in [0.2, 0.25) is 5.95 Å². The van der Waals surface area contributed by atoms with Crippen molar-refractivity contribution >= 4 is 17.5 Å². The Hall–Kier alpha value is -2.34. The molecule has 1 aromatic heterocycles. The van der Waals surface area contributed by atoms with E-state index in [1.807, 2.05) is 30.3 Å². The Bertz CT molecular complexity index is 608. The van der Waals surface area contributed by atoms with Crippen molar-refractivity contribution in [3.8, 4) is 5.75 Å². The lowest BCUT2D eigenvalue weighted by atomic mass is 10.1. The number of ether oxygens (including phenoxy) is 1. The summed E-state index contributed by atoms with van der Waals surface area (Å²) in [6.07, 6.45) is 3.79. The highest BCUT2D eigenvalue weighted by atomic mass is 16.5. The molecular weight excluding hydrogens is 278 g/mol. The summed E-state index contributed by atoms with van der Waals surface area (Å²) in [6, 6.07) is 9.94. The Balaban J connectivity index is 1.70. The lowest BCUT2D eigenvalue weighted by molar-refractivity contribution is 0.415. The Morgan fingerprint density at radius 2 is 1.91 bits per heavy atom. The van der Waals surface area contributed by atoms with Crippen LogP contribution < -0.4 is 20.7 Å². The van der Waals surface area contributed by atoms with Crippen molar-refractivity contribution in [3.05, 3.63) is 36.5 Å². The third-order valence-electron chi connectivity index (χ3n) is 3.85. The monoisotopic (exact) mass is 299 g/mol.